The number of rotatable bonds is 9. The van der Waals surface area contributed by atoms with Gasteiger partial charge in [-0.3, -0.25) is 9.59 Å². The van der Waals surface area contributed by atoms with E-state index in [1.54, 1.807) is 6.20 Å². The Labute approximate surface area is 259 Å². The van der Waals surface area contributed by atoms with Crippen molar-refractivity contribution in [2.75, 3.05) is 32.5 Å². The smallest absolute Gasteiger partial charge is 0.257 e. The van der Waals surface area contributed by atoms with Crippen LogP contribution in [0.4, 0.5) is 5.69 Å². The lowest BCUT2D eigenvalue weighted by molar-refractivity contribution is 0.0852. The third-order valence-electron chi connectivity index (χ3n) is 9.22. The number of fused-ring (bicyclic) bond motifs is 3. The summed E-state index contributed by atoms with van der Waals surface area (Å²) >= 11 is 0. The van der Waals surface area contributed by atoms with Crippen molar-refractivity contribution in [3.05, 3.63) is 70.5 Å². The van der Waals surface area contributed by atoms with Crippen molar-refractivity contribution in [2.24, 2.45) is 0 Å². The van der Waals surface area contributed by atoms with E-state index in [1.165, 1.54) is 0 Å². The molecule has 3 aromatic carbocycles. The van der Waals surface area contributed by atoms with Crippen molar-refractivity contribution in [1.82, 2.24) is 20.1 Å². The minimum Gasteiger partial charge on any atom is -0.451 e. The molecule has 3 heterocycles. The molecule has 6 rings (SSSR count). The summed E-state index contributed by atoms with van der Waals surface area (Å²) in [5.41, 5.74) is 1.95. The van der Waals surface area contributed by atoms with E-state index in [0.717, 1.165) is 67.3 Å². The first-order chi connectivity index (χ1) is 21.0. The van der Waals surface area contributed by atoms with Gasteiger partial charge in [-0.1, -0.05) is 31.2 Å². The molecule has 1 aromatic heterocycles. The summed E-state index contributed by atoms with van der Waals surface area (Å²) in [6.45, 7) is 10.5. The number of ether oxygens (including phenoxy) is 1. The number of aromatic nitrogens is 1. The SMILES string of the molecule is CCC1(C)CC(NC(=O)c2cn3c4c(c(NCCCCN(C)C)ccc4c2=O)Oc2cc4ccccc4cc2-3)CC(C)(C)N1. The standard InChI is InChI=1S/C36H45N5O3/c1-7-36(4)21-25(20-35(2,3)39-36)38-34(43)27-22-41-29-18-23-12-8-9-13-24(23)19-30(29)44-33-28(37-16-10-11-17-40(5)6)15-14-26(31(33)41)32(27)42/h8-9,12-15,18-19,22,25,37,39H,7,10-11,16-17,20-21H2,1-6H3,(H,38,43). The molecule has 4 aromatic rings. The number of anilines is 1. The maximum Gasteiger partial charge on any atom is 0.257 e. The minimum atomic E-state index is -0.333. The Kier molecular flexibility index (Phi) is 7.92. The second-order valence-electron chi connectivity index (χ2n) is 13.8. The van der Waals surface area contributed by atoms with Crippen LogP contribution in [0.1, 0.15) is 70.2 Å². The predicted octanol–water partition coefficient (Wildman–Crippen LogP) is 6.43. The zero-order chi connectivity index (χ0) is 31.2. The van der Waals surface area contributed by atoms with Gasteiger partial charge in [-0.25, -0.2) is 0 Å². The first kappa shape index (κ1) is 30.2. The minimum absolute atomic E-state index is 0.0469. The molecule has 8 nitrogen and oxygen atoms in total. The van der Waals surface area contributed by atoms with E-state index in [4.69, 9.17) is 4.74 Å². The van der Waals surface area contributed by atoms with Crippen molar-refractivity contribution in [3.8, 4) is 17.2 Å². The maximum atomic E-state index is 14.0. The molecule has 0 saturated carbocycles. The number of benzene rings is 3. The van der Waals surface area contributed by atoms with Gasteiger partial charge in [0.2, 0.25) is 5.43 Å². The van der Waals surface area contributed by atoms with E-state index in [1.807, 2.05) is 34.9 Å². The second-order valence-corrected chi connectivity index (χ2v) is 13.8. The first-order valence-electron chi connectivity index (χ1n) is 15.9. The third-order valence-corrected chi connectivity index (χ3v) is 9.22. The van der Waals surface area contributed by atoms with Crippen LogP contribution in [-0.4, -0.2) is 59.7 Å². The fourth-order valence-corrected chi connectivity index (χ4v) is 7.10. The molecule has 44 heavy (non-hydrogen) atoms. The van der Waals surface area contributed by atoms with Gasteiger partial charge in [0.15, 0.2) is 11.5 Å². The molecule has 1 amide bonds. The molecule has 2 aliphatic heterocycles. The molecular formula is C36H45N5O3. The summed E-state index contributed by atoms with van der Waals surface area (Å²) < 4.78 is 8.56. The molecule has 0 bridgehead atoms. The molecule has 2 atom stereocenters. The molecular weight excluding hydrogens is 550 g/mol. The van der Waals surface area contributed by atoms with Crippen molar-refractivity contribution in [1.29, 1.82) is 0 Å². The van der Waals surface area contributed by atoms with Gasteiger partial charge in [0.25, 0.3) is 5.91 Å². The van der Waals surface area contributed by atoms with Crippen LogP contribution < -0.4 is 26.1 Å². The molecule has 2 unspecified atom stereocenters. The number of hydrogen-bond acceptors (Lipinski definition) is 6. The summed E-state index contributed by atoms with van der Waals surface area (Å²) in [6, 6.07) is 15.9. The number of carbonyl (C=O) groups excluding carboxylic acids is 1. The molecule has 1 saturated heterocycles. The normalized spacial score (nSPS) is 20.4. The van der Waals surface area contributed by atoms with Crippen LogP contribution >= 0.6 is 0 Å². The molecule has 2 aliphatic rings. The van der Waals surface area contributed by atoms with Gasteiger partial charge in [-0.2, -0.15) is 0 Å². The number of piperidine rings is 1. The van der Waals surface area contributed by atoms with Crippen LogP contribution in [0, 0.1) is 0 Å². The Hall–Kier alpha value is -3.88. The Morgan fingerprint density at radius 2 is 1.82 bits per heavy atom. The van der Waals surface area contributed by atoms with Crippen LogP contribution in [-0.2, 0) is 0 Å². The summed E-state index contributed by atoms with van der Waals surface area (Å²) in [6.07, 6.45) is 6.33. The van der Waals surface area contributed by atoms with Gasteiger partial charge in [0.05, 0.1) is 16.8 Å². The van der Waals surface area contributed by atoms with E-state index >= 15 is 0 Å². The highest BCUT2D eigenvalue weighted by atomic mass is 16.5. The fraction of sp³-hybridized carbons (Fsp3) is 0.444. The maximum absolute atomic E-state index is 14.0. The Bertz CT molecular complexity index is 1790. The van der Waals surface area contributed by atoms with Crippen LogP contribution in [0.25, 0.3) is 27.4 Å². The van der Waals surface area contributed by atoms with Crippen LogP contribution in [0.15, 0.2) is 59.5 Å². The highest BCUT2D eigenvalue weighted by Crippen LogP contribution is 2.45. The van der Waals surface area contributed by atoms with E-state index in [9.17, 15) is 9.59 Å². The van der Waals surface area contributed by atoms with E-state index < -0.39 is 0 Å². The molecule has 0 aliphatic carbocycles. The third kappa shape index (κ3) is 5.81. The van der Waals surface area contributed by atoms with Crippen molar-refractivity contribution in [2.45, 2.75) is 76.9 Å². The van der Waals surface area contributed by atoms with Gasteiger partial charge < -0.3 is 30.2 Å². The number of nitrogens with one attached hydrogen (secondary N) is 3. The summed E-state index contributed by atoms with van der Waals surface area (Å²) in [4.78, 5) is 30.1. The lowest BCUT2D eigenvalue weighted by Crippen LogP contribution is -2.63. The van der Waals surface area contributed by atoms with Gasteiger partial charge in [0, 0.05) is 29.9 Å². The van der Waals surface area contributed by atoms with E-state index in [2.05, 4.69) is 80.8 Å². The van der Waals surface area contributed by atoms with Crippen LogP contribution in [0.2, 0.25) is 0 Å². The van der Waals surface area contributed by atoms with Gasteiger partial charge in [0.1, 0.15) is 11.1 Å². The number of hydrogen-bond donors (Lipinski definition) is 3. The largest absolute Gasteiger partial charge is 0.451 e. The van der Waals surface area contributed by atoms with E-state index in [0.29, 0.717) is 22.4 Å². The number of amides is 1. The van der Waals surface area contributed by atoms with Crippen molar-refractivity contribution in [3.63, 3.8) is 0 Å². The topological polar surface area (TPSA) is 87.6 Å². The van der Waals surface area contributed by atoms with Gasteiger partial charge >= 0.3 is 0 Å². The Balaban J connectivity index is 1.42. The second kappa shape index (κ2) is 11.6. The number of pyridine rings is 1. The predicted molar refractivity (Wildman–Crippen MR) is 180 cm³/mol. The van der Waals surface area contributed by atoms with Crippen LogP contribution in [0.5, 0.6) is 11.5 Å². The van der Waals surface area contributed by atoms with Gasteiger partial charge in [-0.05, 0) is 109 Å². The fourth-order valence-electron chi connectivity index (χ4n) is 7.10. The zero-order valence-corrected chi connectivity index (χ0v) is 26.8. The molecule has 0 radical (unpaired) electrons. The Morgan fingerprint density at radius 3 is 2.55 bits per heavy atom. The van der Waals surface area contributed by atoms with E-state index in [-0.39, 0.29) is 34.0 Å². The zero-order valence-electron chi connectivity index (χ0n) is 26.8. The molecule has 1 fully saturated rings. The molecule has 0 spiro atoms. The summed E-state index contributed by atoms with van der Waals surface area (Å²) in [5, 5.41) is 13.1. The Morgan fingerprint density at radius 1 is 1.07 bits per heavy atom. The summed E-state index contributed by atoms with van der Waals surface area (Å²) in [7, 11) is 4.16. The van der Waals surface area contributed by atoms with Gasteiger partial charge in [-0.15, -0.1) is 0 Å². The molecule has 8 heteroatoms. The summed E-state index contributed by atoms with van der Waals surface area (Å²) in [5.74, 6) is 0.967. The monoisotopic (exact) mass is 595 g/mol. The number of carbonyl (C=O) groups is 1. The number of nitrogens with zero attached hydrogens (tertiary/aromatic N) is 2. The highest BCUT2D eigenvalue weighted by molar-refractivity contribution is 6.02. The van der Waals surface area contributed by atoms with Crippen molar-refractivity contribution < 1.29 is 9.53 Å². The molecule has 232 valence electrons. The lowest BCUT2D eigenvalue weighted by atomic mass is 9.77. The molecule has 3 N–H and O–H groups in total. The lowest BCUT2D eigenvalue weighted by Gasteiger charge is -2.48. The first-order valence-corrected chi connectivity index (χ1v) is 15.9. The highest BCUT2D eigenvalue weighted by Gasteiger charge is 2.40. The van der Waals surface area contributed by atoms with Crippen LogP contribution in [0.3, 0.4) is 0 Å². The quantitative estimate of drug-likeness (QED) is 0.170. The number of unbranched alkanes of at least 4 members (excludes halogenated alkanes) is 1. The average molecular weight is 596 g/mol. The van der Waals surface area contributed by atoms with Crippen molar-refractivity contribution >= 4 is 33.3 Å². The average Bonchev–Trinajstić information content (AvgIpc) is 2.96.